The van der Waals surface area contributed by atoms with Gasteiger partial charge in [-0.2, -0.15) is 0 Å². The van der Waals surface area contributed by atoms with Gasteiger partial charge in [-0.25, -0.2) is 18.4 Å². The largest absolute Gasteiger partial charge is 0.575 e. The number of alkyl halides is 2. The fraction of sp³-hybridized carbons (Fsp3) is 0.423. The van der Waals surface area contributed by atoms with Crippen molar-refractivity contribution >= 4 is 24.9 Å². The number of carbonyl (C=O) groups excluding carboxylic acids is 1. The second kappa shape index (κ2) is 11.6. The zero-order valence-corrected chi connectivity index (χ0v) is 23.3. The monoisotopic (exact) mass is 595 g/mol. The molecule has 15 heteroatoms. The number of hydrogen-bond acceptors (Lipinski definition) is 10. The Kier molecular flexibility index (Phi) is 8.59. The number of aliphatic hydroxyl groups is 1. The zero-order valence-electron chi connectivity index (χ0n) is 22.4. The van der Waals surface area contributed by atoms with Crippen molar-refractivity contribution in [2.24, 2.45) is 4.74 Å². The predicted octanol–water partition coefficient (Wildman–Crippen LogP) is 2.63. The molecular weight excluding hydrogens is 567 g/mol. The highest BCUT2D eigenvalue weighted by Crippen LogP contribution is 2.48. The van der Waals surface area contributed by atoms with Crippen LogP contribution in [0.1, 0.15) is 33.9 Å². The van der Waals surface area contributed by atoms with E-state index in [4.69, 9.17) is 18.7 Å². The number of ether oxygens (including phenoxy) is 3. The first kappa shape index (κ1) is 30.3. The van der Waals surface area contributed by atoms with Gasteiger partial charge in [0.05, 0.1) is 6.10 Å². The molecule has 0 saturated carbocycles. The molecule has 2 heterocycles. The molecule has 3 aromatic rings. The fourth-order valence-electron chi connectivity index (χ4n) is 4.20. The van der Waals surface area contributed by atoms with Crippen LogP contribution in [0, 0.1) is 0 Å². The van der Waals surface area contributed by atoms with E-state index in [9.17, 15) is 24.4 Å². The molecule has 0 bridgehead atoms. The minimum atomic E-state index is -3.17. The molecule has 1 aliphatic heterocycles. The van der Waals surface area contributed by atoms with Gasteiger partial charge in [0.25, 0.3) is 11.4 Å². The molecule has 6 atom stereocenters. The first-order chi connectivity index (χ1) is 19.2. The number of aromatic nitrogens is 2. The van der Waals surface area contributed by atoms with Crippen LogP contribution in [0.4, 0.5) is 8.78 Å². The molecule has 0 amide bonds. The molecular formula is C26H28F2N3O9P. The summed E-state index contributed by atoms with van der Waals surface area (Å²) in [6.45, 7) is 4.43. The van der Waals surface area contributed by atoms with Crippen LogP contribution in [0.5, 0.6) is 11.5 Å². The summed E-state index contributed by atoms with van der Waals surface area (Å²) >= 11 is 0. The predicted molar refractivity (Wildman–Crippen MR) is 141 cm³/mol. The number of benzene rings is 2. The first-order valence-corrected chi connectivity index (χ1v) is 13.6. The van der Waals surface area contributed by atoms with Gasteiger partial charge in [0.15, 0.2) is 36.4 Å². The van der Waals surface area contributed by atoms with Gasteiger partial charge in [-0.05, 0) is 39.1 Å². The third kappa shape index (κ3) is 6.30. The molecule has 0 radical (unpaired) electrons. The van der Waals surface area contributed by atoms with Crippen molar-refractivity contribution in [3.05, 3.63) is 69.5 Å². The molecule has 1 aliphatic rings. The van der Waals surface area contributed by atoms with Crippen LogP contribution in [0.2, 0.25) is 0 Å². The second-order valence-electron chi connectivity index (χ2n) is 9.84. The van der Waals surface area contributed by atoms with E-state index in [0.717, 1.165) is 19.2 Å². The summed E-state index contributed by atoms with van der Waals surface area (Å²) in [5.41, 5.74) is -4.67. The van der Waals surface area contributed by atoms with E-state index in [0.29, 0.717) is 15.3 Å². The van der Waals surface area contributed by atoms with E-state index < -0.39 is 68.0 Å². The molecule has 2 aromatic carbocycles. The molecule has 220 valence electrons. The number of hydrogen-bond donors (Lipinski definition) is 2. The van der Waals surface area contributed by atoms with Crippen LogP contribution in [0.3, 0.4) is 0 Å². The van der Waals surface area contributed by atoms with Gasteiger partial charge in [0.2, 0.25) is 5.75 Å². The van der Waals surface area contributed by atoms with Gasteiger partial charge in [-0.1, -0.05) is 35.1 Å². The van der Waals surface area contributed by atoms with Gasteiger partial charge in [-0.15, -0.1) is 0 Å². The van der Waals surface area contributed by atoms with Crippen LogP contribution in [0.25, 0.3) is 10.8 Å². The van der Waals surface area contributed by atoms with Crippen molar-refractivity contribution in [1.82, 2.24) is 9.55 Å². The molecule has 12 nitrogen and oxygen atoms in total. The lowest BCUT2D eigenvalue weighted by Crippen LogP contribution is -2.48. The Morgan fingerprint density at radius 1 is 1.22 bits per heavy atom. The number of H-pyrrole nitrogens is 1. The van der Waals surface area contributed by atoms with Gasteiger partial charge in [0.1, 0.15) is 0 Å². The maximum Gasteiger partial charge on any atom is 0.395 e. The average molecular weight is 595 g/mol. The van der Waals surface area contributed by atoms with Gasteiger partial charge >= 0.3 is 19.8 Å². The number of aromatic amines is 1. The number of carbonyl (C=O) groups is 1. The zero-order chi connectivity index (χ0) is 30.1. The summed E-state index contributed by atoms with van der Waals surface area (Å²) in [6.07, 6.45) is -3.88. The lowest BCUT2D eigenvalue weighted by Gasteiger charge is -2.25. The summed E-state index contributed by atoms with van der Waals surface area (Å²) in [5, 5.41) is 11.6. The first-order valence-electron chi connectivity index (χ1n) is 12.5. The highest BCUT2D eigenvalue weighted by molar-refractivity contribution is 7.34. The van der Waals surface area contributed by atoms with E-state index in [1.54, 1.807) is 44.2 Å². The summed E-state index contributed by atoms with van der Waals surface area (Å²) in [7, 11) is -2.85. The number of aliphatic hydroxyl groups excluding tert-OH is 1. The second-order valence-corrected chi connectivity index (χ2v) is 10.7. The summed E-state index contributed by atoms with van der Waals surface area (Å²) in [5.74, 6) is -4.16. The Labute approximate surface area is 233 Å². The van der Waals surface area contributed by atoms with E-state index in [1.165, 1.54) is 13.0 Å². The molecule has 2 N–H and O–H groups in total. The van der Waals surface area contributed by atoms with Crippen LogP contribution in [-0.2, 0) is 14.3 Å². The maximum atomic E-state index is 15.9. The van der Waals surface area contributed by atoms with E-state index in [2.05, 4.69) is 4.74 Å². The molecule has 1 saturated heterocycles. The van der Waals surface area contributed by atoms with E-state index in [1.807, 2.05) is 4.98 Å². The standard InChI is InChI=1S/C26H28F2N3O9P/c1-14(2)38-21(33)15(3)30-41(36)40-20-17-8-6-5-7-16(17)9-10-18(20)37-13-26(28)22(34)25(4,27)23(39-26)31-12-11-19(32)29-24(31)35/h5-12,14-15,22-23,34H,13H2,1-4H3,(H,29,32,35)/t15-,22-,23+,25+,26+/m0/s1. The number of esters is 1. The topological polar surface area (TPSA) is 164 Å². The Morgan fingerprint density at radius 2 is 1.93 bits per heavy atom. The summed E-state index contributed by atoms with van der Waals surface area (Å²) in [6, 6.07) is 9.50. The maximum absolute atomic E-state index is 15.9. The Hall–Kier alpha value is -3.71. The normalized spacial score (nSPS) is 25.3. The lowest BCUT2D eigenvalue weighted by atomic mass is 9.97. The SMILES string of the molecule is CC(C)OC(=O)[C@H](C)/N=[P+](\[O-])Oc1c(OC[C@@]2(F)O[C@@H](n3ccc(=O)[nH]c3=O)[C@](C)(F)[C@@H]2O)ccc2ccccc12. The quantitative estimate of drug-likeness (QED) is 0.280. The molecule has 0 aliphatic carbocycles. The highest BCUT2D eigenvalue weighted by Gasteiger charge is 2.65. The number of nitrogens with one attached hydrogen (secondary N) is 1. The lowest BCUT2D eigenvalue weighted by molar-refractivity contribution is -0.203. The Morgan fingerprint density at radius 3 is 2.61 bits per heavy atom. The third-order valence-electron chi connectivity index (χ3n) is 6.23. The minimum Gasteiger partial charge on any atom is -0.575 e. The Balaban J connectivity index is 1.62. The van der Waals surface area contributed by atoms with Crippen LogP contribution in [-0.4, -0.2) is 57.0 Å². The van der Waals surface area contributed by atoms with Crippen molar-refractivity contribution in [2.45, 2.75) is 63.7 Å². The molecule has 4 rings (SSSR count). The van der Waals surface area contributed by atoms with Gasteiger partial charge in [-0.3, -0.25) is 18.9 Å². The van der Waals surface area contributed by atoms with Crippen molar-refractivity contribution in [3.63, 3.8) is 0 Å². The highest BCUT2D eigenvalue weighted by atomic mass is 31.1. The van der Waals surface area contributed by atoms with E-state index >= 15 is 8.78 Å². The number of nitrogens with zero attached hydrogens (tertiary/aromatic N) is 2. The summed E-state index contributed by atoms with van der Waals surface area (Å²) < 4.78 is 57.2. The van der Waals surface area contributed by atoms with Crippen molar-refractivity contribution in [2.75, 3.05) is 6.61 Å². The van der Waals surface area contributed by atoms with Crippen molar-refractivity contribution in [1.29, 1.82) is 0 Å². The molecule has 1 unspecified atom stereocenters. The van der Waals surface area contributed by atoms with Gasteiger partial charge < -0.3 is 24.2 Å². The third-order valence-corrected chi connectivity index (χ3v) is 7.11. The fourth-order valence-corrected chi connectivity index (χ4v) is 4.97. The molecule has 0 spiro atoms. The molecule has 41 heavy (non-hydrogen) atoms. The number of fused-ring (bicyclic) bond motifs is 1. The number of rotatable bonds is 9. The van der Waals surface area contributed by atoms with Crippen molar-refractivity contribution < 1.29 is 42.3 Å². The minimum absolute atomic E-state index is 0.120. The molecule has 1 fully saturated rings. The smallest absolute Gasteiger partial charge is 0.395 e. The van der Waals surface area contributed by atoms with Crippen LogP contribution >= 0.6 is 8.17 Å². The Bertz CT molecular complexity index is 1590. The average Bonchev–Trinajstić information content (AvgIpc) is 3.08. The van der Waals surface area contributed by atoms with Gasteiger partial charge in [0, 0.05) is 17.6 Å². The van der Waals surface area contributed by atoms with Crippen LogP contribution < -0.4 is 25.4 Å². The molecule has 1 aromatic heterocycles. The number of halogens is 2. The van der Waals surface area contributed by atoms with Crippen molar-refractivity contribution in [3.8, 4) is 11.5 Å². The van der Waals surface area contributed by atoms with Crippen LogP contribution in [0.15, 0.2) is 63.0 Å². The van der Waals surface area contributed by atoms with E-state index in [-0.39, 0.29) is 11.5 Å². The summed E-state index contributed by atoms with van der Waals surface area (Å²) in [4.78, 5) is 50.4.